The van der Waals surface area contributed by atoms with Crippen LogP contribution in [0.1, 0.15) is 24.2 Å². The Morgan fingerprint density at radius 1 is 1.39 bits per heavy atom. The lowest BCUT2D eigenvalue weighted by atomic mass is 10.2. The molecule has 2 N–H and O–H groups in total. The van der Waals surface area contributed by atoms with Crippen molar-refractivity contribution < 1.29 is 19.0 Å². The molecule has 0 spiro atoms. The number of nitrogen functional groups attached to an aromatic ring is 1. The van der Waals surface area contributed by atoms with Gasteiger partial charge in [0.05, 0.1) is 18.3 Å². The molecule has 5 nitrogen and oxygen atoms in total. The van der Waals surface area contributed by atoms with Gasteiger partial charge in [-0.1, -0.05) is 0 Å². The molecule has 0 radical (unpaired) electrons. The predicted octanol–water partition coefficient (Wildman–Crippen LogP) is 1.86. The molecular formula is C13H19NO4. The summed E-state index contributed by atoms with van der Waals surface area (Å²) >= 11 is 0. The van der Waals surface area contributed by atoms with Gasteiger partial charge in [0.1, 0.15) is 12.4 Å². The minimum Gasteiger partial charge on any atom is -0.494 e. The lowest BCUT2D eigenvalue weighted by Crippen LogP contribution is -2.17. The molecule has 1 aromatic carbocycles. The third kappa shape index (κ3) is 4.25. The Morgan fingerprint density at radius 3 is 2.72 bits per heavy atom. The van der Waals surface area contributed by atoms with Gasteiger partial charge in [-0.05, 0) is 26.0 Å². The van der Waals surface area contributed by atoms with Gasteiger partial charge in [0.25, 0.3) is 0 Å². The summed E-state index contributed by atoms with van der Waals surface area (Å²) < 4.78 is 15.4. The van der Waals surface area contributed by atoms with Crippen LogP contribution in [0.25, 0.3) is 0 Å². The van der Waals surface area contributed by atoms with E-state index < -0.39 is 5.97 Å². The van der Waals surface area contributed by atoms with E-state index in [1.54, 1.807) is 25.3 Å². The number of rotatable bonds is 6. The Balaban J connectivity index is 2.72. The number of nitrogens with two attached hydrogens (primary N) is 1. The van der Waals surface area contributed by atoms with Gasteiger partial charge in [-0.3, -0.25) is 0 Å². The van der Waals surface area contributed by atoms with Crippen LogP contribution >= 0.6 is 0 Å². The molecule has 0 saturated carbocycles. The summed E-state index contributed by atoms with van der Waals surface area (Å²) in [6.07, 6.45) is -0.138. The zero-order chi connectivity index (χ0) is 13.5. The molecule has 0 aromatic heterocycles. The van der Waals surface area contributed by atoms with Crippen molar-refractivity contribution in [2.24, 2.45) is 0 Å². The number of hydrogen-bond donors (Lipinski definition) is 1. The van der Waals surface area contributed by atoms with E-state index in [1.165, 1.54) is 0 Å². The number of carbonyl (C=O) groups excluding carboxylic acids is 1. The summed E-state index contributed by atoms with van der Waals surface area (Å²) in [6.45, 7) is 4.40. The van der Waals surface area contributed by atoms with Gasteiger partial charge in [-0.15, -0.1) is 0 Å². The van der Waals surface area contributed by atoms with Crippen LogP contribution in [0.2, 0.25) is 0 Å². The molecule has 0 amide bonds. The van der Waals surface area contributed by atoms with Gasteiger partial charge < -0.3 is 19.9 Å². The molecule has 1 aromatic rings. The number of esters is 1. The quantitative estimate of drug-likeness (QED) is 0.619. The summed E-state index contributed by atoms with van der Waals surface area (Å²) in [7, 11) is 1.56. The van der Waals surface area contributed by atoms with Gasteiger partial charge >= 0.3 is 5.97 Å². The van der Waals surface area contributed by atoms with Crippen LogP contribution < -0.4 is 10.5 Å². The summed E-state index contributed by atoms with van der Waals surface area (Å²) in [4.78, 5) is 11.8. The van der Waals surface area contributed by atoms with E-state index in [0.717, 1.165) is 0 Å². The first-order valence-electron chi connectivity index (χ1n) is 5.80. The average molecular weight is 253 g/mol. The highest BCUT2D eigenvalue weighted by atomic mass is 16.6. The molecule has 1 atom stereocenters. The highest BCUT2D eigenvalue weighted by Gasteiger charge is 2.11. The molecule has 5 heteroatoms. The van der Waals surface area contributed by atoms with Crippen LogP contribution in [-0.2, 0) is 9.47 Å². The molecule has 0 bridgehead atoms. The SMILES string of the molecule is CCOc1cc(N)cc(C(=O)OCC(C)OC)c1. The average Bonchev–Trinajstić information content (AvgIpc) is 2.35. The Morgan fingerprint density at radius 2 is 2.11 bits per heavy atom. The van der Waals surface area contributed by atoms with Crippen molar-refractivity contribution in [1.82, 2.24) is 0 Å². The highest BCUT2D eigenvalue weighted by Crippen LogP contribution is 2.19. The van der Waals surface area contributed by atoms with Crippen molar-refractivity contribution in [3.05, 3.63) is 23.8 Å². The molecule has 0 aliphatic rings. The number of hydrogen-bond acceptors (Lipinski definition) is 5. The normalized spacial score (nSPS) is 11.9. The fourth-order valence-electron chi connectivity index (χ4n) is 1.33. The van der Waals surface area contributed by atoms with E-state index in [0.29, 0.717) is 23.6 Å². The third-order valence-corrected chi connectivity index (χ3v) is 2.33. The standard InChI is InChI=1S/C13H19NO4/c1-4-17-12-6-10(5-11(14)7-12)13(15)18-8-9(2)16-3/h5-7,9H,4,8,14H2,1-3H3. The Hall–Kier alpha value is -1.75. The van der Waals surface area contributed by atoms with Crippen LogP contribution in [0.5, 0.6) is 5.75 Å². The first-order chi connectivity index (χ1) is 8.56. The van der Waals surface area contributed by atoms with E-state index in [4.69, 9.17) is 19.9 Å². The molecule has 0 saturated heterocycles. The van der Waals surface area contributed by atoms with Crippen molar-refractivity contribution >= 4 is 11.7 Å². The van der Waals surface area contributed by atoms with Crippen molar-refractivity contribution in [1.29, 1.82) is 0 Å². The lowest BCUT2D eigenvalue weighted by Gasteiger charge is -2.11. The van der Waals surface area contributed by atoms with Crippen molar-refractivity contribution in [2.45, 2.75) is 20.0 Å². The van der Waals surface area contributed by atoms with E-state index in [9.17, 15) is 4.79 Å². The molecule has 0 aliphatic carbocycles. The maximum atomic E-state index is 11.8. The van der Waals surface area contributed by atoms with E-state index >= 15 is 0 Å². The van der Waals surface area contributed by atoms with Crippen LogP contribution in [0.3, 0.4) is 0 Å². The van der Waals surface area contributed by atoms with Gasteiger partial charge in [-0.2, -0.15) is 0 Å². The van der Waals surface area contributed by atoms with Crippen LogP contribution in [0, 0.1) is 0 Å². The van der Waals surface area contributed by atoms with Gasteiger partial charge in [0.2, 0.25) is 0 Å². The maximum Gasteiger partial charge on any atom is 0.338 e. The molecule has 0 aliphatic heterocycles. The first kappa shape index (κ1) is 14.3. The topological polar surface area (TPSA) is 70.8 Å². The second kappa shape index (κ2) is 6.86. The third-order valence-electron chi connectivity index (χ3n) is 2.33. The van der Waals surface area contributed by atoms with Crippen molar-refractivity contribution in [3.63, 3.8) is 0 Å². The monoisotopic (exact) mass is 253 g/mol. The Bertz CT molecular complexity index is 406. The number of carbonyl (C=O) groups is 1. The minimum atomic E-state index is -0.438. The van der Waals surface area contributed by atoms with E-state index in [2.05, 4.69) is 0 Å². The Kier molecular flexibility index (Phi) is 5.45. The molecule has 0 fully saturated rings. The van der Waals surface area contributed by atoms with Crippen molar-refractivity contribution in [2.75, 3.05) is 26.1 Å². The zero-order valence-electron chi connectivity index (χ0n) is 10.9. The molecular weight excluding hydrogens is 234 g/mol. The zero-order valence-corrected chi connectivity index (χ0v) is 10.9. The van der Waals surface area contributed by atoms with Crippen LogP contribution in [0.15, 0.2) is 18.2 Å². The predicted molar refractivity (Wildman–Crippen MR) is 68.8 cm³/mol. The number of anilines is 1. The second-order valence-corrected chi connectivity index (χ2v) is 3.87. The van der Waals surface area contributed by atoms with Gasteiger partial charge in [0, 0.05) is 18.9 Å². The summed E-state index contributed by atoms with van der Waals surface area (Å²) in [5, 5.41) is 0. The minimum absolute atomic E-state index is 0.138. The van der Waals surface area contributed by atoms with Gasteiger partial charge in [0.15, 0.2) is 0 Å². The Labute approximate surface area is 107 Å². The lowest BCUT2D eigenvalue weighted by molar-refractivity contribution is 0.0169. The van der Waals surface area contributed by atoms with Crippen molar-refractivity contribution in [3.8, 4) is 5.75 Å². The highest BCUT2D eigenvalue weighted by molar-refractivity contribution is 5.91. The summed E-state index contributed by atoms with van der Waals surface area (Å²) in [5.74, 6) is 0.122. The number of benzene rings is 1. The fourth-order valence-corrected chi connectivity index (χ4v) is 1.33. The molecule has 100 valence electrons. The fraction of sp³-hybridized carbons (Fsp3) is 0.462. The molecule has 1 rings (SSSR count). The number of ether oxygens (including phenoxy) is 3. The van der Waals surface area contributed by atoms with E-state index in [-0.39, 0.29) is 12.7 Å². The summed E-state index contributed by atoms with van der Waals surface area (Å²) in [5.41, 5.74) is 6.54. The second-order valence-electron chi connectivity index (χ2n) is 3.87. The smallest absolute Gasteiger partial charge is 0.338 e. The molecule has 18 heavy (non-hydrogen) atoms. The van der Waals surface area contributed by atoms with Crippen LogP contribution in [-0.4, -0.2) is 32.4 Å². The van der Waals surface area contributed by atoms with Crippen LogP contribution in [0.4, 0.5) is 5.69 Å². The van der Waals surface area contributed by atoms with E-state index in [1.807, 2.05) is 13.8 Å². The first-order valence-corrected chi connectivity index (χ1v) is 5.80. The largest absolute Gasteiger partial charge is 0.494 e. The number of methoxy groups -OCH3 is 1. The molecule has 1 unspecified atom stereocenters. The van der Waals surface area contributed by atoms with Gasteiger partial charge in [-0.25, -0.2) is 4.79 Å². The molecule has 0 heterocycles. The summed E-state index contributed by atoms with van der Waals surface area (Å²) in [6, 6.07) is 4.83. The maximum absolute atomic E-state index is 11.8.